The van der Waals surface area contributed by atoms with Crippen LogP contribution in [0.4, 0.5) is 5.13 Å². The summed E-state index contributed by atoms with van der Waals surface area (Å²) >= 11 is 1.29. The van der Waals surface area contributed by atoms with E-state index in [2.05, 4.69) is 4.90 Å². The molecule has 1 aliphatic rings. The van der Waals surface area contributed by atoms with Crippen LogP contribution in [-0.2, 0) is 4.79 Å². The van der Waals surface area contributed by atoms with Gasteiger partial charge in [-0.15, -0.1) is 0 Å². The van der Waals surface area contributed by atoms with Crippen LogP contribution in [0.15, 0.2) is 66.7 Å². The molecule has 4 rings (SSSR count). The average Bonchev–Trinajstić information content (AvgIpc) is 3.31. The summed E-state index contributed by atoms with van der Waals surface area (Å²) in [6.45, 7) is 3.20. The van der Waals surface area contributed by atoms with Crippen LogP contribution in [0.5, 0.6) is 11.5 Å². The summed E-state index contributed by atoms with van der Waals surface area (Å²) in [5, 5.41) is 0.730. The lowest BCUT2D eigenvalue weighted by Gasteiger charge is -2.34. The van der Waals surface area contributed by atoms with E-state index >= 15 is 0 Å². The van der Waals surface area contributed by atoms with Crippen molar-refractivity contribution in [3.8, 4) is 22.8 Å². The minimum absolute atomic E-state index is 0.0157. The van der Waals surface area contributed by atoms with Crippen molar-refractivity contribution in [3.05, 3.63) is 71.6 Å². The number of ether oxygens (including phenoxy) is 1. The summed E-state index contributed by atoms with van der Waals surface area (Å²) in [5.74, 6) is 0.950. The van der Waals surface area contributed by atoms with Gasteiger partial charge >= 0.3 is 0 Å². The standard InChI is InChI=1S/C26H29N5O3S/c1-29(2)14-6-9-22(32)30-15-17-31(18-16-30)26-28-23(24(35-26)25(27)33)19-10-12-21(13-11-19)34-20-7-4-3-5-8-20/h3-13H,14-18H2,1-2H3,(H2,27,33). The van der Waals surface area contributed by atoms with Gasteiger partial charge in [-0.2, -0.15) is 0 Å². The number of rotatable bonds is 8. The van der Waals surface area contributed by atoms with Crippen LogP contribution >= 0.6 is 11.3 Å². The first-order valence-electron chi connectivity index (χ1n) is 11.4. The molecule has 2 aromatic carbocycles. The number of thiazole rings is 1. The lowest BCUT2D eigenvalue weighted by molar-refractivity contribution is -0.126. The second-order valence-corrected chi connectivity index (χ2v) is 9.43. The molecule has 9 heteroatoms. The minimum Gasteiger partial charge on any atom is -0.457 e. The predicted molar refractivity (Wildman–Crippen MR) is 139 cm³/mol. The van der Waals surface area contributed by atoms with Crippen molar-refractivity contribution in [1.82, 2.24) is 14.8 Å². The van der Waals surface area contributed by atoms with Gasteiger partial charge in [-0.25, -0.2) is 4.98 Å². The number of carbonyl (C=O) groups excluding carboxylic acids is 2. The van der Waals surface area contributed by atoms with E-state index in [1.54, 1.807) is 6.08 Å². The number of amides is 2. The van der Waals surface area contributed by atoms with Crippen LogP contribution in [0.3, 0.4) is 0 Å². The highest BCUT2D eigenvalue weighted by molar-refractivity contribution is 7.18. The number of hydrogen-bond donors (Lipinski definition) is 1. The first kappa shape index (κ1) is 24.4. The van der Waals surface area contributed by atoms with Crippen LogP contribution in [0.1, 0.15) is 9.67 Å². The molecular formula is C26H29N5O3S. The molecule has 0 aliphatic carbocycles. The molecule has 2 N–H and O–H groups in total. The van der Waals surface area contributed by atoms with E-state index < -0.39 is 5.91 Å². The van der Waals surface area contributed by atoms with Gasteiger partial charge in [-0.3, -0.25) is 9.59 Å². The molecule has 182 valence electrons. The van der Waals surface area contributed by atoms with E-state index in [4.69, 9.17) is 15.5 Å². The first-order valence-corrected chi connectivity index (χ1v) is 12.2. The van der Waals surface area contributed by atoms with E-state index in [0.717, 1.165) is 23.0 Å². The van der Waals surface area contributed by atoms with Crippen molar-refractivity contribution < 1.29 is 14.3 Å². The highest BCUT2D eigenvalue weighted by atomic mass is 32.1. The third-order valence-corrected chi connectivity index (χ3v) is 6.67. The lowest BCUT2D eigenvalue weighted by Crippen LogP contribution is -2.48. The van der Waals surface area contributed by atoms with Gasteiger partial charge in [-0.05, 0) is 50.5 Å². The second-order valence-electron chi connectivity index (χ2n) is 8.45. The fourth-order valence-electron chi connectivity index (χ4n) is 3.70. The Morgan fingerprint density at radius 3 is 2.31 bits per heavy atom. The van der Waals surface area contributed by atoms with Crippen LogP contribution in [-0.4, -0.2) is 73.4 Å². The Morgan fingerprint density at radius 1 is 1.03 bits per heavy atom. The van der Waals surface area contributed by atoms with E-state index in [1.165, 1.54) is 11.3 Å². The Labute approximate surface area is 209 Å². The smallest absolute Gasteiger partial charge is 0.261 e. The number of carbonyl (C=O) groups is 2. The molecule has 0 atom stereocenters. The number of piperazine rings is 1. The number of nitrogens with two attached hydrogens (primary N) is 1. The lowest BCUT2D eigenvalue weighted by atomic mass is 10.1. The van der Waals surface area contributed by atoms with Gasteiger partial charge in [0.05, 0.1) is 5.69 Å². The van der Waals surface area contributed by atoms with Crippen LogP contribution in [0, 0.1) is 0 Å². The number of anilines is 1. The van der Waals surface area contributed by atoms with Gasteiger partial charge < -0.3 is 25.2 Å². The van der Waals surface area contributed by atoms with Gasteiger partial charge in [0.25, 0.3) is 5.91 Å². The maximum absolute atomic E-state index is 12.4. The molecule has 2 amide bonds. The Bertz CT molecular complexity index is 1180. The van der Waals surface area contributed by atoms with E-state index in [9.17, 15) is 9.59 Å². The number of benzene rings is 2. The second kappa shape index (κ2) is 11.2. The fourth-order valence-corrected chi connectivity index (χ4v) is 4.69. The number of likely N-dealkylation sites (N-methyl/N-ethyl adjacent to an activating group) is 1. The van der Waals surface area contributed by atoms with Gasteiger partial charge in [0.15, 0.2) is 5.13 Å². The third-order valence-electron chi connectivity index (χ3n) is 5.54. The maximum Gasteiger partial charge on any atom is 0.261 e. The Kier molecular flexibility index (Phi) is 7.79. The number of para-hydroxylation sites is 1. The van der Waals surface area contributed by atoms with Crippen LogP contribution < -0.4 is 15.4 Å². The average molecular weight is 492 g/mol. The van der Waals surface area contributed by atoms with Gasteiger partial charge in [0.1, 0.15) is 16.4 Å². The summed E-state index contributed by atoms with van der Waals surface area (Å²) in [5.41, 5.74) is 7.04. The van der Waals surface area contributed by atoms with Crippen LogP contribution in [0.25, 0.3) is 11.3 Å². The number of primary amides is 1. The monoisotopic (exact) mass is 491 g/mol. The molecular weight excluding hydrogens is 462 g/mol. The normalized spacial score (nSPS) is 14.0. The minimum atomic E-state index is -0.506. The topological polar surface area (TPSA) is 92.0 Å². The summed E-state index contributed by atoms with van der Waals surface area (Å²) < 4.78 is 5.86. The zero-order chi connectivity index (χ0) is 24.8. The molecule has 8 nitrogen and oxygen atoms in total. The molecule has 1 aromatic heterocycles. The summed E-state index contributed by atoms with van der Waals surface area (Å²) in [6, 6.07) is 17.0. The van der Waals surface area contributed by atoms with Crippen molar-refractivity contribution in [1.29, 1.82) is 0 Å². The van der Waals surface area contributed by atoms with Gasteiger partial charge in [0, 0.05) is 44.4 Å². The fraction of sp³-hybridized carbons (Fsp3) is 0.269. The molecule has 0 bridgehead atoms. The van der Waals surface area contributed by atoms with Crippen molar-refractivity contribution in [3.63, 3.8) is 0 Å². The highest BCUT2D eigenvalue weighted by Crippen LogP contribution is 2.34. The van der Waals surface area contributed by atoms with Crippen molar-refractivity contribution in [2.45, 2.75) is 0 Å². The van der Waals surface area contributed by atoms with E-state index in [-0.39, 0.29) is 5.91 Å². The molecule has 2 heterocycles. The number of hydrogen-bond acceptors (Lipinski definition) is 7. The highest BCUT2D eigenvalue weighted by Gasteiger charge is 2.25. The van der Waals surface area contributed by atoms with Crippen molar-refractivity contribution >= 4 is 28.3 Å². The first-order chi connectivity index (χ1) is 16.9. The van der Waals surface area contributed by atoms with Crippen molar-refractivity contribution in [2.75, 3.05) is 51.7 Å². The SMILES string of the molecule is CN(C)CC=CC(=O)N1CCN(c2nc(-c3ccc(Oc4ccccc4)cc3)c(C(N)=O)s2)CC1. The molecule has 0 unspecified atom stereocenters. The Hall–Kier alpha value is -3.69. The summed E-state index contributed by atoms with van der Waals surface area (Å²) in [4.78, 5) is 35.7. The van der Waals surface area contributed by atoms with Crippen LogP contribution in [0.2, 0.25) is 0 Å². The van der Waals surface area contributed by atoms with E-state index in [1.807, 2.05) is 84.6 Å². The van der Waals surface area contributed by atoms with Gasteiger partial charge in [0.2, 0.25) is 5.91 Å². The van der Waals surface area contributed by atoms with Gasteiger partial charge in [-0.1, -0.05) is 35.6 Å². The predicted octanol–water partition coefficient (Wildman–Crippen LogP) is 3.47. The molecule has 0 saturated carbocycles. The number of aromatic nitrogens is 1. The Balaban J connectivity index is 1.44. The largest absolute Gasteiger partial charge is 0.457 e. The molecule has 0 radical (unpaired) electrons. The number of nitrogens with zero attached hydrogens (tertiary/aromatic N) is 4. The zero-order valence-corrected chi connectivity index (χ0v) is 20.7. The molecule has 3 aromatic rings. The van der Waals surface area contributed by atoms with Crippen molar-refractivity contribution in [2.24, 2.45) is 5.73 Å². The Morgan fingerprint density at radius 2 is 1.69 bits per heavy atom. The van der Waals surface area contributed by atoms with E-state index in [0.29, 0.717) is 42.5 Å². The quantitative estimate of drug-likeness (QED) is 0.485. The molecule has 1 fully saturated rings. The summed E-state index contributed by atoms with van der Waals surface area (Å²) in [7, 11) is 3.92. The zero-order valence-electron chi connectivity index (χ0n) is 19.9. The molecule has 0 spiro atoms. The summed E-state index contributed by atoms with van der Waals surface area (Å²) in [6.07, 6.45) is 3.50. The molecule has 35 heavy (non-hydrogen) atoms. The molecule has 1 aliphatic heterocycles. The molecule has 1 saturated heterocycles. The maximum atomic E-state index is 12.4. The third kappa shape index (κ3) is 6.26.